The molecular formula is C26H29F4N5O3. The molecule has 0 saturated carbocycles. The molecule has 4 atom stereocenters. The Morgan fingerprint density at radius 1 is 1.16 bits per heavy atom. The summed E-state index contributed by atoms with van der Waals surface area (Å²) in [5.74, 6) is -1.28. The predicted molar refractivity (Wildman–Crippen MR) is 133 cm³/mol. The Morgan fingerprint density at radius 2 is 1.79 bits per heavy atom. The number of pyridine rings is 1. The second kappa shape index (κ2) is 9.97. The molecule has 0 bridgehead atoms. The van der Waals surface area contributed by atoms with Crippen LogP contribution in [0.4, 0.5) is 23.2 Å². The second-order valence-corrected chi connectivity index (χ2v) is 10.0. The smallest absolute Gasteiger partial charge is 0.392 e. The van der Waals surface area contributed by atoms with E-state index in [4.69, 9.17) is 0 Å². The molecule has 1 fully saturated rings. The molecule has 1 unspecified atom stereocenters. The molecule has 3 aromatic rings. The summed E-state index contributed by atoms with van der Waals surface area (Å²) >= 11 is 0. The maximum atomic E-state index is 15.0. The number of halogens is 4. The van der Waals surface area contributed by atoms with Gasteiger partial charge in [-0.05, 0) is 49.9 Å². The Morgan fingerprint density at radius 3 is 2.37 bits per heavy atom. The van der Waals surface area contributed by atoms with Crippen LogP contribution in [-0.2, 0) is 13.2 Å². The molecule has 2 N–H and O–H groups in total. The number of likely N-dealkylation sites (tertiary alicyclic amines) is 1. The number of amides is 1. The maximum Gasteiger partial charge on any atom is 0.433 e. The topological polar surface area (TPSA) is 100 Å². The van der Waals surface area contributed by atoms with E-state index >= 15 is 4.39 Å². The van der Waals surface area contributed by atoms with Gasteiger partial charge in [0.15, 0.2) is 11.3 Å². The molecule has 1 amide bonds. The molecule has 0 radical (unpaired) electrons. The van der Waals surface area contributed by atoms with Crippen LogP contribution in [0.15, 0.2) is 29.1 Å². The fraction of sp³-hybridized carbons (Fsp3) is 0.462. The van der Waals surface area contributed by atoms with Gasteiger partial charge in [-0.2, -0.15) is 13.2 Å². The number of benzene rings is 1. The van der Waals surface area contributed by atoms with Gasteiger partial charge in [-0.1, -0.05) is 13.8 Å². The van der Waals surface area contributed by atoms with Crippen molar-refractivity contribution in [2.45, 2.75) is 46.0 Å². The lowest BCUT2D eigenvalue weighted by molar-refractivity contribution is -0.141. The van der Waals surface area contributed by atoms with Crippen LogP contribution in [-0.4, -0.2) is 49.6 Å². The molecule has 1 aromatic carbocycles. The molecule has 38 heavy (non-hydrogen) atoms. The highest BCUT2D eigenvalue weighted by molar-refractivity contribution is 5.94. The van der Waals surface area contributed by atoms with E-state index < -0.39 is 41.3 Å². The fourth-order valence-electron chi connectivity index (χ4n) is 4.85. The van der Waals surface area contributed by atoms with Crippen molar-refractivity contribution in [1.82, 2.24) is 19.4 Å². The first-order valence-electron chi connectivity index (χ1n) is 12.2. The van der Waals surface area contributed by atoms with Gasteiger partial charge in [0.25, 0.3) is 11.5 Å². The third-order valence-electron chi connectivity index (χ3n) is 7.11. The van der Waals surface area contributed by atoms with Crippen molar-refractivity contribution < 1.29 is 27.5 Å². The number of aliphatic hydroxyl groups is 1. The molecule has 0 spiro atoms. The molecular weight excluding hydrogens is 506 g/mol. The van der Waals surface area contributed by atoms with E-state index in [1.807, 2.05) is 13.8 Å². The number of aromatic nitrogens is 3. The number of aryl methyl sites for hydroxylation is 1. The third kappa shape index (κ3) is 5.09. The molecule has 1 aliphatic heterocycles. The largest absolute Gasteiger partial charge is 0.433 e. The first-order chi connectivity index (χ1) is 17.7. The molecule has 0 aliphatic carbocycles. The number of alkyl halides is 3. The van der Waals surface area contributed by atoms with Gasteiger partial charge in [0.2, 0.25) is 0 Å². The van der Waals surface area contributed by atoms with Crippen LogP contribution in [0, 0.1) is 24.6 Å². The number of hydrogen-bond acceptors (Lipinski definition) is 6. The molecule has 204 valence electrons. The molecule has 12 heteroatoms. The first-order valence-corrected chi connectivity index (χ1v) is 12.2. The lowest BCUT2D eigenvalue weighted by Crippen LogP contribution is -2.49. The summed E-state index contributed by atoms with van der Waals surface area (Å²) in [4.78, 5) is 34.8. The molecule has 2 aromatic heterocycles. The van der Waals surface area contributed by atoms with E-state index in [0.29, 0.717) is 13.1 Å². The highest BCUT2D eigenvalue weighted by Gasteiger charge is 2.38. The minimum atomic E-state index is -4.85. The van der Waals surface area contributed by atoms with Gasteiger partial charge in [-0.15, -0.1) is 0 Å². The monoisotopic (exact) mass is 535 g/mol. The molecule has 8 nitrogen and oxygen atoms in total. The second-order valence-electron chi connectivity index (χ2n) is 10.0. The van der Waals surface area contributed by atoms with Crippen LogP contribution in [0.5, 0.6) is 0 Å². The Bertz CT molecular complexity index is 1440. The zero-order valence-corrected chi connectivity index (χ0v) is 21.6. The van der Waals surface area contributed by atoms with Gasteiger partial charge in [0.05, 0.1) is 23.2 Å². The highest BCUT2D eigenvalue weighted by Crippen LogP contribution is 2.36. The Kier molecular flexibility index (Phi) is 7.21. The van der Waals surface area contributed by atoms with Gasteiger partial charge >= 0.3 is 6.18 Å². The summed E-state index contributed by atoms with van der Waals surface area (Å²) in [7, 11) is 1.45. The number of aliphatic hydroxyl groups excluding tert-OH is 1. The van der Waals surface area contributed by atoms with Crippen molar-refractivity contribution in [2.24, 2.45) is 18.9 Å². The highest BCUT2D eigenvalue weighted by atomic mass is 19.4. The van der Waals surface area contributed by atoms with Crippen molar-refractivity contribution in [3.8, 4) is 0 Å². The van der Waals surface area contributed by atoms with E-state index in [1.165, 1.54) is 37.6 Å². The van der Waals surface area contributed by atoms with E-state index in [1.54, 1.807) is 4.90 Å². The standard InChI is InChI=1S/C26H29F4N5O3/c1-12-10-35(11-13(2)21(12)36)24(37)16-6-7-20(19(27)8-16)31-14(3)17-9-18-23(33-22(17)26(28,29)30)32-15(4)34(5)25(18)38/h6-9,12-14,21,31,36H,10-11H2,1-5H3/t12-,13+,14-,21?/m0/s1. The average Bonchev–Trinajstić information content (AvgIpc) is 2.85. The first kappa shape index (κ1) is 27.5. The van der Waals surface area contributed by atoms with Crippen LogP contribution in [0.1, 0.15) is 54.3 Å². The van der Waals surface area contributed by atoms with Gasteiger partial charge in [0.1, 0.15) is 11.6 Å². The van der Waals surface area contributed by atoms with Crippen molar-refractivity contribution in [2.75, 3.05) is 18.4 Å². The van der Waals surface area contributed by atoms with Crippen molar-refractivity contribution in [1.29, 1.82) is 0 Å². The van der Waals surface area contributed by atoms with Gasteiger partial charge in [0, 0.05) is 31.3 Å². The number of nitrogens with one attached hydrogen (secondary N) is 1. The normalized spacial score (nSPS) is 21.0. The molecule has 1 aliphatic rings. The molecule has 4 rings (SSSR count). The van der Waals surface area contributed by atoms with Gasteiger partial charge < -0.3 is 15.3 Å². The summed E-state index contributed by atoms with van der Waals surface area (Å²) < 4.78 is 57.9. The Balaban J connectivity index is 1.64. The Hall–Kier alpha value is -3.54. The van der Waals surface area contributed by atoms with E-state index in [9.17, 15) is 27.9 Å². The quantitative estimate of drug-likeness (QED) is 0.489. The number of carbonyl (C=O) groups excluding carboxylic acids is 1. The summed E-state index contributed by atoms with van der Waals surface area (Å²) in [6, 6.07) is 3.70. The minimum absolute atomic E-state index is 0.0878. The third-order valence-corrected chi connectivity index (χ3v) is 7.11. The van der Waals surface area contributed by atoms with Gasteiger partial charge in [-0.3, -0.25) is 14.2 Å². The van der Waals surface area contributed by atoms with Crippen molar-refractivity contribution in [3.63, 3.8) is 0 Å². The molecule has 1 saturated heterocycles. The van der Waals surface area contributed by atoms with Crippen molar-refractivity contribution >= 4 is 22.6 Å². The fourth-order valence-corrected chi connectivity index (χ4v) is 4.85. The van der Waals surface area contributed by atoms with Crippen LogP contribution in [0.3, 0.4) is 0 Å². The maximum absolute atomic E-state index is 15.0. The van der Waals surface area contributed by atoms with Crippen LogP contribution in [0.25, 0.3) is 11.0 Å². The number of rotatable bonds is 4. The van der Waals surface area contributed by atoms with Crippen LogP contribution in [0.2, 0.25) is 0 Å². The Labute approximate surface area is 216 Å². The van der Waals surface area contributed by atoms with E-state index in [2.05, 4.69) is 15.3 Å². The number of piperidine rings is 1. The summed E-state index contributed by atoms with van der Waals surface area (Å²) in [6.45, 7) is 7.20. The number of carbonyl (C=O) groups is 1. The van der Waals surface area contributed by atoms with E-state index in [0.717, 1.165) is 12.1 Å². The lowest BCUT2D eigenvalue weighted by Gasteiger charge is -2.38. The lowest BCUT2D eigenvalue weighted by atomic mass is 9.88. The summed E-state index contributed by atoms with van der Waals surface area (Å²) in [5.41, 5.74) is -2.48. The molecule has 3 heterocycles. The number of fused-ring (bicyclic) bond motifs is 1. The number of anilines is 1. The minimum Gasteiger partial charge on any atom is -0.392 e. The van der Waals surface area contributed by atoms with Crippen LogP contribution < -0.4 is 10.9 Å². The zero-order valence-electron chi connectivity index (χ0n) is 21.6. The van der Waals surface area contributed by atoms with Crippen LogP contribution >= 0.6 is 0 Å². The van der Waals surface area contributed by atoms with Gasteiger partial charge in [-0.25, -0.2) is 14.4 Å². The zero-order chi connectivity index (χ0) is 28.1. The summed E-state index contributed by atoms with van der Waals surface area (Å²) in [5, 5.41) is 12.8. The number of nitrogens with zero attached hydrogens (tertiary/aromatic N) is 4. The number of hydrogen-bond donors (Lipinski definition) is 2. The van der Waals surface area contributed by atoms with Crippen molar-refractivity contribution in [3.05, 3.63) is 63.1 Å². The SMILES string of the molecule is Cc1nc2nc(C(F)(F)F)c([C@H](C)Nc3ccc(C(=O)N4C[C@@H](C)C(O)[C@@H](C)C4)cc3F)cc2c(=O)n1C. The summed E-state index contributed by atoms with van der Waals surface area (Å²) in [6.07, 6.45) is -5.38. The predicted octanol–water partition coefficient (Wildman–Crippen LogP) is 4.06. The van der Waals surface area contributed by atoms with E-state index in [-0.39, 0.29) is 45.5 Å². The average molecular weight is 536 g/mol.